The van der Waals surface area contributed by atoms with E-state index in [4.69, 9.17) is 9.47 Å². The number of hydrogen-bond acceptors (Lipinski definition) is 5. The van der Waals surface area contributed by atoms with Crippen molar-refractivity contribution >= 4 is 16.3 Å². The van der Waals surface area contributed by atoms with Crippen molar-refractivity contribution in [3.8, 4) is 6.07 Å². The Hall–Kier alpha value is -1.61. The van der Waals surface area contributed by atoms with Crippen LogP contribution in [0.15, 0.2) is 24.3 Å². The molecule has 1 aromatic rings. The zero-order valence-corrected chi connectivity index (χ0v) is 13.6. The Morgan fingerprint density at radius 1 is 1.50 bits per heavy atom. The van der Waals surface area contributed by atoms with Crippen LogP contribution in [-0.4, -0.2) is 25.5 Å². The number of allylic oxidation sites excluding steroid dienone is 1. The lowest BCUT2D eigenvalue weighted by Crippen LogP contribution is -2.36. The van der Waals surface area contributed by atoms with Gasteiger partial charge in [-0.15, -0.1) is 11.3 Å². The third-order valence-electron chi connectivity index (χ3n) is 4.29. The molecule has 1 aliphatic carbocycles. The highest BCUT2D eigenvalue weighted by Gasteiger charge is 2.41. The van der Waals surface area contributed by atoms with Crippen molar-refractivity contribution in [2.45, 2.75) is 32.0 Å². The molecule has 0 bridgehead atoms. The summed E-state index contributed by atoms with van der Waals surface area (Å²) in [5, 5.41) is 13.8. The van der Waals surface area contributed by atoms with Gasteiger partial charge in [0, 0.05) is 24.3 Å². The molecule has 4 nitrogen and oxygen atoms in total. The van der Waals surface area contributed by atoms with Crippen molar-refractivity contribution in [3.05, 3.63) is 40.3 Å². The molecule has 2 heterocycles. The first-order chi connectivity index (χ1) is 10.7. The van der Waals surface area contributed by atoms with Gasteiger partial charge in [-0.05, 0) is 24.5 Å². The number of nitriles is 1. The van der Waals surface area contributed by atoms with Crippen LogP contribution in [0.5, 0.6) is 0 Å². The van der Waals surface area contributed by atoms with Gasteiger partial charge in [0.1, 0.15) is 11.1 Å². The second-order valence-corrected chi connectivity index (χ2v) is 6.63. The van der Waals surface area contributed by atoms with Crippen LogP contribution < -0.4 is 5.32 Å². The Morgan fingerprint density at radius 2 is 2.27 bits per heavy atom. The minimum atomic E-state index is -0.447. The van der Waals surface area contributed by atoms with E-state index in [1.165, 1.54) is 10.4 Å². The minimum Gasteiger partial charge on any atom is -0.372 e. The summed E-state index contributed by atoms with van der Waals surface area (Å²) >= 11 is 1.66. The van der Waals surface area contributed by atoms with Crippen molar-refractivity contribution in [2.24, 2.45) is 0 Å². The first-order valence-electron chi connectivity index (χ1n) is 7.55. The summed E-state index contributed by atoms with van der Waals surface area (Å²) in [6, 6.07) is 2.36. The van der Waals surface area contributed by atoms with Crippen LogP contribution in [0.1, 0.15) is 29.3 Å². The highest BCUT2D eigenvalue weighted by molar-refractivity contribution is 7.16. The number of nitrogens with one attached hydrogen (secondary N) is 1. The third-order valence-corrected chi connectivity index (χ3v) is 5.48. The lowest BCUT2D eigenvalue weighted by molar-refractivity contribution is -0.163. The van der Waals surface area contributed by atoms with E-state index in [0.717, 1.165) is 35.4 Å². The van der Waals surface area contributed by atoms with E-state index in [0.29, 0.717) is 19.8 Å². The Labute approximate surface area is 135 Å². The average Bonchev–Trinajstić information content (AvgIpc) is 3.12. The molecule has 0 saturated carbocycles. The fourth-order valence-electron chi connectivity index (χ4n) is 3.03. The summed E-state index contributed by atoms with van der Waals surface area (Å²) < 4.78 is 11.6. The lowest BCUT2D eigenvalue weighted by Gasteiger charge is -2.31. The number of rotatable bonds is 4. The van der Waals surface area contributed by atoms with Gasteiger partial charge in [0.2, 0.25) is 0 Å². The fourth-order valence-corrected chi connectivity index (χ4v) is 4.31. The molecule has 1 aromatic heterocycles. The van der Waals surface area contributed by atoms with Crippen LogP contribution in [0.25, 0.3) is 0 Å². The summed E-state index contributed by atoms with van der Waals surface area (Å²) in [4.78, 5) is 1.22. The highest BCUT2D eigenvalue weighted by Crippen LogP contribution is 2.43. The van der Waals surface area contributed by atoms with Crippen LogP contribution >= 0.6 is 11.3 Å². The number of ether oxygens (including phenoxy) is 2. The summed E-state index contributed by atoms with van der Waals surface area (Å²) in [5.41, 5.74) is 3.07. The van der Waals surface area contributed by atoms with Gasteiger partial charge in [0.05, 0.1) is 18.8 Å². The van der Waals surface area contributed by atoms with Crippen molar-refractivity contribution in [3.63, 3.8) is 0 Å². The van der Waals surface area contributed by atoms with Gasteiger partial charge >= 0.3 is 0 Å². The number of thiophene rings is 1. The van der Waals surface area contributed by atoms with Gasteiger partial charge in [0.15, 0.2) is 5.79 Å². The molecule has 1 N–H and O–H groups in total. The Kier molecular flexibility index (Phi) is 4.34. The minimum absolute atomic E-state index is 0.447. The Morgan fingerprint density at radius 3 is 2.91 bits per heavy atom. The number of hydrogen-bond donors (Lipinski definition) is 1. The van der Waals surface area contributed by atoms with Gasteiger partial charge in [-0.2, -0.15) is 5.26 Å². The molecule has 1 saturated heterocycles. The van der Waals surface area contributed by atoms with Crippen molar-refractivity contribution in [1.82, 2.24) is 0 Å². The second kappa shape index (κ2) is 6.25. The molecule has 0 aromatic carbocycles. The summed E-state index contributed by atoms with van der Waals surface area (Å²) in [6.07, 6.45) is 6.28. The van der Waals surface area contributed by atoms with Gasteiger partial charge in [-0.3, -0.25) is 0 Å². The Bertz CT molecular complexity index is 648. The van der Waals surface area contributed by atoms with Crippen LogP contribution in [0.3, 0.4) is 0 Å². The van der Waals surface area contributed by atoms with E-state index >= 15 is 0 Å². The molecule has 0 radical (unpaired) electrons. The van der Waals surface area contributed by atoms with Crippen LogP contribution in [0, 0.1) is 11.3 Å². The molecule has 0 amide bonds. The van der Waals surface area contributed by atoms with Crippen molar-refractivity contribution < 1.29 is 9.47 Å². The fraction of sp³-hybridized carbons (Fsp3) is 0.471. The number of fused-ring (bicyclic) bond motifs is 1. The molecule has 3 rings (SSSR count). The molecule has 1 fully saturated rings. The summed E-state index contributed by atoms with van der Waals surface area (Å²) in [7, 11) is 0. The highest BCUT2D eigenvalue weighted by atomic mass is 32.1. The van der Waals surface area contributed by atoms with E-state index < -0.39 is 5.79 Å². The van der Waals surface area contributed by atoms with E-state index in [9.17, 15) is 5.26 Å². The molecular weight excluding hydrogens is 296 g/mol. The molecule has 22 heavy (non-hydrogen) atoms. The number of anilines is 1. The predicted molar refractivity (Wildman–Crippen MR) is 88.1 cm³/mol. The van der Waals surface area contributed by atoms with Crippen molar-refractivity contribution in [2.75, 3.05) is 25.1 Å². The maximum absolute atomic E-state index is 9.52. The Balaban J connectivity index is 1.83. The van der Waals surface area contributed by atoms with Gasteiger partial charge in [0.25, 0.3) is 0 Å². The van der Waals surface area contributed by atoms with Crippen LogP contribution in [-0.2, 0) is 22.3 Å². The number of nitrogens with zero attached hydrogens (tertiary/aromatic N) is 1. The molecule has 116 valence electrons. The van der Waals surface area contributed by atoms with Gasteiger partial charge < -0.3 is 14.8 Å². The zero-order valence-electron chi connectivity index (χ0n) is 12.8. The zero-order chi connectivity index (χ0) is 15.6. The molecule has 1 aliphatic heterocycles. The van der Waals surface area contributed by atoms with Crippen molar-refractivity contribution in [1.29, 1.82) is 5.26 Å². The quantitative estimate of drug-likeness (QED) is 0.865. The standard InChI is InChI=1S/C17H20N2O2S/c1-3-12(4-2)11-19-16-14(10-18)13-5-6-17(9-15(13)22-16)20-7-8-21-17/h3-4,19H,1,5-9,11H2,2H3/b12-4+. The molecule has 0 atom stereocenters. The normalized spacial score (nSPS) is 19.7. The average molecular weight is 316 g/mol. The monoisotopic (exact) mass is 316 g/mol. The maximum atomic E-state index is 9.52. The molecule has 0 unspecified atom stereocenters. The topological polar surface area (TPSA) is 54.3 Å². The van der Waals surface area contributed by atoms with Crippen LogP contribution in [0.2, 0.25) is 0 Å². The van der Waals surface area contributed by atoms with Gasteiger partial charge in [-0.25, -0.2) is 0 Å². The van der Waals surface area contributed by atoms with E-state index in [2.05, 4.69) is 18.0 Å². The summed E-state index contributed by atoms with van der Waals surface area (Å²) in [5.74, 6) is -0.447. The molecule has 5 heteroatoms. The van der Waals surface area contributed by atoms with Crippen LogP contribution in [0.4, 0.5) is 5.00 Å². The first kappa shape index (κ1) is 15.3. The molecular formula is C17H20N2O2S. The molecule has 1 spiro atoms. The van der Waals surface area contributed by atoms with E-state index in [-0.39, 0.29) is 0 Å². The predicted octanol–water partition coefficient (Wildman–Crippen LogP) is 3.40. The lowest BCUT2D eigenvalue weighted by atomic mass is 9.91. The first-order valence-corrected chi connectivity index (χ1v) is 8.37. The third kappa shape index (κ3) is 2.70. The second-order valence-electron chi connectivity index (χ2n) is 5.53. The maximum Gasteiger partial charge on any atom is 0.173 e. The van der Waals surface area contributed by atoms with E-state index in [1.807, 2.05) is 19.1 Å². The van der Waals surface area contributed by atoms with E-state index in [1.54, 1.807) is 11.3 Å². The summed E-state index contributed by atoms with van der Waals surface area (Å²) in [6.45, 7) is 7.81. The smallest absolute Gasteiger partial charge is 0.173 e. The SMILES string of the molecule is C=C/C(=C\C)CNc1sc2c(c1C#N)CCC1(C2)OCCO1. The largest absolute Gasteiger partial charge is 0.372 e. The molecule has 2 aliphatic rings. The van der Waals surface area contributed by atoms with Gasteiger partial charge in [-0.1, -0.05) is 18.7 Å².